The minimum Gasteiger partial charge on any atom is -0.359 e. The molecule has 1 aromatic carbocycles. The van der Waals surface area contributed by atoms with Crippen molar-refractivity contribution in [2.45, 2.75) is 30.4 Å². The Morgan fingerprint density at radius 1 is 1.29 bits per heavy atom. The van der Waals surface area contributed by atoms with Crippen LogP contribution in [0.2, 0.25) is 0 Å². The van der Waals surface area contributed by atoms with E-state index in [1.165, 1.54) is 6.92 Å². The molecule has 2 aliphatic heterocycles. The van der Waals surface area contributed by atoms with Gasteiger partial charge in [-0.25, -0.2) is 8.51 Å². The first-order chi connectivity index (χ1) is 10.1. The zero-order chi connectivity index (χ0) is 14.9. The van der Waals surface area contributed by atoms with Crippen molar-refractivity contribution >= 4 is 16.8 Å². The van der Waals surface area contributed by atoms with Crippen molar-refractivity contribution in [1.29, 1.82) is 0 Å². The van der Waals surface area contributed by atoms with E-state index in [0.717, 1.165) is 44.0 Å². The maximum Gasteiger partial charge on any atom is 0.159 e. The number of ether oxygens (including phenoxy) is 1. The molecule has 2 aliphatic rings. The number of nitrogens with zero attached hydrogens (tertiary/aromatic N) is 1. The fourth-order valence-corrected chi connectivity index (χ4v) is 4.05. The molecule has 0 bridgehead atoms. The smallest absolute Gasteiger partial charge is 0.159 e. The molecule has 1 aromatic rings. The van der Waals surface area contributed by atoms with Crippen LogP contribution in [0.5, 0.6) is 0 Å². The highest BCUT2D eigenvalue weighted by Crippen LogP contribution is 2.28. The Hall–Kier alpha value is -1.08. The van der Waals surface area contributed by atoms with Crippen molar-refractivity contribution in [2.75, 3.05) is 26.2 Å². The quantitative estimate of drug-likeness (QED) is 0.856. The summed E-state index contributed by atoms with van der Waals surface area (Å²) >= 11 is 0. The lowest BCUT2D eigenvalue weighted by Gasteiger charge is -2.37. The normalized spacial score (nSPS) is 23.3. The van der Waals surface area contributed by atoms with Crippen molar-refractivity contribution in [2.24, 2.45) is 0 Å². The van der Waals surface area contributed by atoms with Crippen molar-refractivity contribution in [3.8, 4) is 0 Å². The lowest BCUT2D eigenvalue weighted by molar-refractivity contribution is -0.0440. The first-order valence-electron chi connectivity index (χ1n) is 7.26. The standard InChI is InChI=1S/C15H20N2O3S/c1-12(18)13-2-4-14(5-3-13)21(19)17-9-6-15(7-10-17)16-8-11-20-15/h2-5,16H,6-11H2,1H3. The monoisotopic (exact) mass is 308 g/mol. The first-order valence-corrected chi connectivity index (χ1v) is 8.37. The van der Waals surface area contributed by atoms with E-state index in [-0.39, 0.29) is 11.5 Å². The molecule has 114 valence electrons. The Morgan fingerprint density at radius 2 is 1.95 bits per heavy atom. The molecule has 1 unspecified atom stereocenters. The van der Waals surface area contributed by atoms with Crippen molar-refractivity contribution in [3.63, 3.8) is 0 Å². The topological polar surface area (TPSA) is 58.6 Å². The predicted octanol–water partition coefficient (Wildman–Crippen LogP) is 1.32. The van der Waals surface area contributed by atoms with Crippen LogP contribution in [0.1, 0.15) is 30.1 Å². The molecule has 6 heteroatoms. The van der Waals surface area contributed by atoms with Gasteiger partial charge in [-0.05, 0) is 19.1 Å². The van der Waals surface area contributed by atoms with E-state index in [0.29, 0.717) is 5.56 Å². The Morgan fingerprint density at radius 3 is 2.48 bits per heavy atom. The van der Waals surface area contributed by atoms with Crippen LogP contribution >= 0.6 is 0 Å². The largest absolute Gasteiger partial charge is 0.359 e. The van der Waals surface area contributed by atoms with Crippen LogP contribution in [-0.4, -0.2) is 46.3 Å². The van der Waals surface area contributed by atoms with Gasteiger partial charge in [0.25, 0.3) is 0 Å². The molecule has 2 heterocycles. The summed E-state index contributed by atoms with van der Waals surface area (Å²) in [5.74, 6) is 0.0247. The third-order valence-corrected chi connectivity index (χ3v) is 5.66. The summed E-state index contributed by atoms with van der Waals surface area (Å²) in [5, 5.41) is 3.41. The van der Waals surface area contributed by atoms with Crippen molar-refractivity contribution in [3.05, 3.63) is 29.8 Å². The van der Waals surface area contributed by atoms with Gasteiger partial charge in [-0.15, -0.1) is 0 Å². The number of rotatable bonds is 3. The highest BCUT2D eigenvalue weighted by Gasteiger charge is 2.39. The second kappa shape index (κ2) is 5.96. The zero-order valence-electron chi connectivity index (χ0n) is 12.1. The number of carbonyl (C=O) groups excluding carboxylic acids is 1. The summed E-state index contributed by atoms with van der Waals surface area (Å²) in [6.45, 7) is 4.68. The molecule has 1 spiro atoms. The van der Waals surface area contributed by atoms with E-state index in [9.17, 15) is 9.00 Å². The van der Waals surface area contributed by atoms with Crippen LogP contribution in [-0.2, 0) is 15.7 Å². The molecular weight excluding hydrogens is 288 g/mol. The number of hydrogen-bond donors (Lipinski definition) is 1. The van der Waals surface area contributed by atoms with Crippen molar-refractivity contribution in [1.82, 2.24) is 9.62 Å². The van der Waals surface area contributed by atoms with Crippen molar-refractivity contribution < 1.29 is 13.7 Å². The van der Waals surface area contributed by atoms with E-state index in [2.05, 4.69) is 5.32 Å². The molecule has 0 aliphatic carbocycles. The molecule has 0 aromatic heterocycles. The maximum absolute atomic E-state index is 12.6. The number of hydrogen-bond acceptors (Lipinski definition) is 4. The van der Waals surface area contributed by atoms with E-state index in [4.69, 9.17) is 4.74 Å². The third kappa shape index (κ3) is 3.08. The molecule has 2 fully saturated rings. The second-order valence-corrected chi connectivity index (χ2v) is 7.01. The minimum absolute atomic E-state index is 0.0247. The lowest BCUT2D eigenvalue weighted by atomic mass is 10.0. The van der Waals surface area contributed by atoms with E-state index < -0.39 is 11.0 Å². The number of carbonyl (C=O) groups is 1. The Bertz CT molecular complexity index is 543. The summed E-state index contributed by atoms with van der Waals surface area (Å²) in [6.07, 6.45) is 1.70. The van der Waals surface area contributed by atoms with Gasteiger partial charge in [-0.2, -0.15) is 0 Å². The van der Waals surface area contributed by atoms with Crippen LogP contribution in [0.3, 0.4) is 0 Å². The summed E-state index contributed by atoms with van der Waals surface area (Å²) in [7, 11) is -1.17. The van der Waals surface area contributed by atoms with Gasteiger partial charge in [0.15, 0.2) is 5.78 Å². The Labute approximate surface area is 127 Å². The van der Waals surface area contributed by atoms with E-state index in [1.54, 1.807) is 24.3 Å². The minimum atomic E-state index is -1.17. The summed E-state index contributed by atoms with van der Waals surface area (Å²) < 4.78 is 20.3. The Balaban J connectivity index is 1.64. The van der Waals surface area contributed by atoms with Crippen LogP contribution in [0.4, 0.5) is 0 Å². The third-order valence-electron chi connectivity index (χ3n) is 4.15. The molecule has 21 heavy (non-hydrogen) atoms. The Kier molecular flexibility index (Phi) is 4.21. The highest BCUT2D eigenvalue weighted by molar-refractivity contribution is 7.82. The summed E-state index contributed by atoms with van der Waals surface area (Å²) in [5.41, 5.74) is 0.455. The van der Waals surface area contributed by atoms with Gasteiger partial charge in [0, 0.05) is 38.0 Å². The molecule has 5 nitrogen and oxygen atoms in total. The number of ketones is 1. The summed E-state index contributed by atoms with van der Waals surface area (Å²) in [6, 6.07) is 7.04. The molecule has 0 radical (unpaired) electrons. The molecule has 1 N–H and O–H groups in total. The SMILES string of the molecule is CC(=O)c1ccc(S(=O)N2CCC3(CC2)NCCO3)cc1. The number of piperidine rings is 1. The van der Waals surface area contributed by atoms with Gasteiger partial charge >= 0.3 is 0 Å². The van der Waals surface area contributed by atoms with Gasteiger partial charge in [0.05, 0.1) is 11.5 Å². The lowest BCUT2D eigenvalue weighted by Crippen LogP contribution is -2.51. The average Bonchev–Trinajstić information content (AvgIpc) is 2.96. The number of Topliss-reactive ketones (excluding diaryl/α,β-unsaturated/α-hetero) is 1. The van der Waals surface area contributed by atoms with E-state index >= 15 is 0 Å². The number of nitrogens with one attached hydrogen (secondary N) is 1. The molecule has 2 saturated heterocycles. The highest BCUT2D eigenvalue weighted by atomic mass is 32.2. The van der Waals surface area contributed by atoms with E-state index in [1.807, 2.05) is 4.31 Å². The van der Waals surface area contributed by atoms with Crippen LogP contribution in [0.25, 0.3) is 0 Å². The molecule has 0 amide bonds. The number of benzene rings is 1. The van der Waals surface area contributed by atoms with Gasteiger partial charge in [0.2, 0.25) is 0 Å². The molecule has 3 rings (SSSR count). The maximum atomic E-state index is 12.6. The van der Waals surface area contributed by atoms with Crippen LogP contribution in [0, 0.1) is 0 Å². The molecule has 0 saturated carbocycles. The molecule has 1 atom stereocenters. The summed E-state index contributed by atoms with van der Waals surface area (Å²) in [4.78, 5) is 12.0. The van der Waals surface area contributed by atoms with Crippen LogP contribution in [0.15, 0.2) is 29.2 Å². The first kappa shape index (κ1) is 14.8. The van der Waals surface area contributed by atoms with Gasteiger partial charge in [-0.1, -0.05) is 12.1 Å². The second-order valence-electron chi connectivity index (χ2n) is 5.53. The molecular formula is C15H20N2O3S. The average molecular weight is 308 g/mol. The fourth-order valence-electron chi connectivity index (χ4n) is 2.87. The predicted molar refractivity (Wildman–Crippen MR) is 80.3 cm³/mol. The van der Waals surface area contributed by atoms with Gasteiger partial charge in [0.1, 0.15) is 16.7 Å². The van der Waals surface area contributed by atoms with Crippen LogP contribution < -0.4 is 5.32 Å². The fraction of sp³-hybridized carbons (Fsp3) is 0.533. The van der Waals surface area contributed by atoms with Gasteiger partial charge < -0.3 is 4.74 Å². The zero-order valence-corrected chi connectivity index (χ0v) is 12.9. The van der Waals surface area contributed by atoms with Gasteiger partial charge in [-0.3, -0.25) is 10.1 Å².